The molecule has 10 heteroatoms. The molecule has 2 amide bonds. The summed E-state index contributed by atoms with van der Waals surface area (Å²) in [7, 11) is 0. The van der Waals surface area contributed by atoms with Crippen LogP contribution in [0.2, 0.25) is 0 Å². The molecule has 39 heavy (non-hydrogen) atoms. The highest BCUT2D eigenvalue weighted by Crippen LogP contribution is 2.37. The van der Waals surface area contributed by atoms with E-state index in [4.69, 9.17) is 4.74 Å². The van der Waals surface area contributed by atoms with Gasteiger partial charge >= 0.3 is 6.18 Å². The van der Waals surface area contributed by atoms with Crippen LogP contribution in [0.25, 0.3) is 0 Å². The minimum absolute atomic E-state index is 0.0221. The number of ether oxygens (including phenoxy) is 1. The number of rotatable bonds is 5. The van der Waals surface area contributed by atoms with Crippen molar-refractivity contribution in [3.05, 3.63) is 89.5 Å². The normalized spacial score (nSPS) is 19.8. The number of hydrogen-bond donors (Lipinski definition) is 1. The Kier molecular flexibility index (Phi) is 7.59. The average Bonchev–Trinajstić information content (AvgIpc) is 3.05. The standard InChI is InChI=1S/C29H28F3N3O3S/c1-28(27(37)33-22-10-12-23(13-11-22)34-14-16-38-17-15-34)19-39-25-5-3-2-4-24(25)26(36)35(28)18-20-6-8-21(9-7-20)29(30,31)32/h2-13H,14-19H2,1H3,(H,33,37)/t28-/m1/s1. The van der Waals surface area contributed by atoms with Crippen molar-refractivity contribution in [2.45, 2.75) is 30.1 Å². The fourth-order valence-electron chi connectivity index (χ4n) is 4.69. The van der Waals surface area contributed by atoms with E-state index in [1.165, 1.54) is 28.8 Å². The molecular formula is C29H28F3N3O3S. The summed E-state index contributed by atoms with van der Waals surface area (Å²) in [6.07, 6.45) is -4.46. The number of thioether (sulfide) groups is 1. The van der Waals surface area contributed by atoms with Gasteiger partial charge in [0.1, 0.15) is 5.54 Å². The van der Waals surface area contributed by atoms with E-state index in [1.807, 2.05) is 36.4 Å². The number of morpholine rings is 1. The number of amides is 2. The van der Waals surface area contributed by atoms with Crippen LogP contribution in [-0.2, 0) is 22.3 Å². The number of hydrogen-bond acceptors (Lipinski definition) is 5. The first-order valence-electron chi connectivity index (χ1n) is 12.6. The molecule has 0 spiro atoms. The van der Waals surface area contributed by atoms with E-state index >= 15 is 0 Å². The summed E-state index contributed by atoms with van der Waals surface area (Å²) in [5.41, 5.74) is 0.520. The SMILES string of the molecule is C[C@]1(C(=O)Nc2ccc(N3CCOCC3)cc2)CSc2ccccc2C(=O)N1Cc1ccc(C(F)(F)F)cc1. The molecule has 1 N–H and O–H groups in total. The van der Waals surface area contributed by atoms with Crippen LogP contribution in [0, 0.1) is 0 Å². The van der Waals surface area contributed by atoms with E-state index in [1.54, 1.807) is 19.1 Å². The molecule has 0 unspecified atom stereocenters. The second-order valence-corrected chi connectivity index (χ2v) is 10.8. The van der Waals surface area contributed by atoms with Crippen molar-refractivity contribution in [3.63, 3.8) is 0 Å². The number of carbonyl (C=O) groups excluding carboxylic acids is 2. The van der Waals surface area contributed by atoms with Crippen LogP contribution in [-0.4, -0.2) is 54.3 Å². The van der Waals surface area contributed by atoms with Crippen LogP contribution in [0.15, 0.2) is 77.7 Å². The van der Waals surface area contributed by atoms with Crippen molar-refractivity contribution < 1.29 is 27.5 Å². The summed E-state index contributed by atoms with van der Waals surface area (Å²) >= 11 is 1.41. The lowest BCUT2D eigenvalue weighted by Gasteiger charge is -2.38. The molecule has 0 saturated carbocycles. The predicted molar refractivity (Wildman–Crippen MR) is 145 cm³/mol. The maximum absolute atomic E-state index is 13.8. The lowest BCUT2D eigenvalue weighted by molar-refractivity contribution is -0.137. The molecule has 1 atom stereocenters. The highest BCUT2D eigenvalue weighted by atomic mass is 32.2. The fourth-order valence-corrected chi connectivity index (χ4v) is 5.90. The van der Waals surface area contributed by atoms with Crippen molar-refractivity contribution in [1.82, 2.24) is 4.90 Å². The fraction of sp³-hybridized carbons (Fsp3) is 0.310. The highest BCUT2D eigenvalue weighted by Gasteiger charge is 2.45. The summed E-state index contributed by atoms with van der Waals surface area (Å²) in [5.74, 6) is -0.452. The van der Waals surface area contributed by atoms with Gasteiger partial charge in [0.2, 0.25) is 0 Å². The first kappa shape index (κ1) is 27.1. The molecular weight excluding hydrogens is 527 g/mol. The molecule has 2 heterocycles. The van der Waals surface area contributed by atoms with E-state index in [2.05, 4.69) is 10.2 Å². The minimum Gasteiger partial charge on any atom is -0.378 e. The number of nitrogens with one attached hydrogen (secondary N) is 1. The van der Waals surface area contributed by atoms with Crippen molar-refractivity contribution in [1.29, 1.82) is 0 Å². The number of alkyl halides is 3. The third kappa shape index (κ3) is 5.77. The largest absolute Gasteiger partial charge is 0.416 e. The number of benzene rings is 3. The summed E-state index contributed by atoms with van der Waals surface area (Å²) in [4.78, 5) is 32.0. The molecule has 2 aliphatic rings. The average molecular weight is 556 g/mol. The first-order chi connectivity index (χ1) is 18.6. The van der Waals surface area contributed by atoms with Gasteiger partial charge in [-0.3, -0.25) is 9.59 Å². The van der Waals surface area contributed by atoms with E-state index in [0.717, 1.165) is 35.8 Å². The zero-order chi connectivity index (χ0) is 27.6. The predicted octanol–water partition coefficient (Wildman–Crippen LogP) is 5.69. The molecule has 5 rings (SSSR count). The summed E-state index contributed by atoms with van der Waals surface area (Å²) < 4.78 is 44.7. The van der Waals surface area contributed by atoms with Crippen LogP contribution >= 0.6 is 11.8 Å². The van der Waals surface area contributed by atoms with Gasteiger partial charge in [-0.1, -0.05) is 24.3 Å². The molecule has 1 fully saturated rings. The summed E-state index contributed by atoms with van der Waals surface area (Å²) in [6.45, 7) is 4.60. The van der Waals surface area contributed by atoms with E-state index in [-0.39, 0.29) is 24.1 Å². The van der Waals surface area contributed by atoms with Gasteiger partial charge in [-0.2, -0.15) is 13.2 Å². The van der Waals surface area contributed by atoms with Crippen LogP contribution in [0.1, 0.15) is 28.4 Å². The van der Waals surface area contributed by atoms with Crippen molar-refractivity contribution in [3.8, 4) is 0 Å². The summed E-state index contributed by atoms with van der Waals surface area (Å²) in [6, 6.07) is 19.3. The number of anilines is 2. The van der Waals surface area contributed by atoms with Crippen LogP contribution in [0.3, 0.4) is 0 Å². The topological polar surface area (TPSA) is 61.9 Å². The van der Waals surface area contributed by atoms with Crippen molar-refractivity contribution >= 4 is 35.0 Å². The third-order valence-electron chi connectivity index (χ3n) is 7.08. The van der Waals surface area contributed by atoms with Gasteiger partial charge in [-0.05, 0) is 61.0 Å². The van der Waals surface area contributed by atoms with E-state index in [9.17, 15) is 22.8 Å². The Bertz CT molecular complexity index is 1340. The molecule has 0 aliphatic carbocycles. The van der Waals surface area contributed by atoms with Gasteiger partial charge in [0, 0.05) is 41.7 Å². The number of nitrogens with zero attached hydrogens (tertiary/aromatic N) is 2. The second-order valence-electron chi connectivity index (χ2n) is 9.75. The quantitative estimate of drug-likeness (QED) is 0.439. The molecule has 1 saturated heterocycles. The minimum atomic E-state index is -4.46. The van der Waals surface area contributed by atoms with Crippen LogP contribution in [0.4, 0.5) is 24.5 Å². The molecule has 0 bridgehead atoms. The van der Waals surface area contributed by atoms with E-state index in [0.29, 0.717) is 30.0 Å². The molecule has 0 radical (unpaired) electrons. The Morgan fingerprint density at radius 3 is 2.33 bits per heavy atom. The zero-order valence-electron chi connectivity index (χ0n) is 21.3. The highest BCUT2D eigenvalue weighted by molar-refractivity contribution is 7.99. The van der Waals surface area contributed by atoms with Crippen LogP contribution < -0.4 is 10.2 Å². The first-order valence-corrected chi connectivity index (χ1v) is 13.6. The monoisotopic (exact) mass is 555 g/mol. The van der Waals surface area contributed by atoms with Crippen molar-refractivity contribution in [2.24, 2.45) is 0 Å². The molecule has 3 aromatic rings. The Labute approximate surface area is 229 Å². The zero-order valence-corrected chi connectivity index (χ0v) is 22.1. The lowest BCUT2D eigenvalue weighted by atomic mass is 9.97. The van der Waals surface area contributed by atoms with Gasteiger partial charge in [-0.25, -0.2) is 0 Å². The van der Waals surface area contributed by atoms with Crippen molar-refractivity contribution in [2.75, 3.05) is 42.3 Å². The van der Waals surface area contributed by atoms with Gasteiger partial charge in [0.05, 0.1) is 24.3 Å². The van der Waals surface area contributed by atoms with Gasteiger partial charge in [-0.15, -0.1) is 11.8 Å². The molecule has 3 aromatic carbocycles. The summed E-state index contributed by atoms with van der Waals surface area (Å²) in [5, 5.41) is 2.96. The van der Waals surface area contributed by atoms with Crippen LogP contribution in [0.5, 0.6) is 0 Å². The smallest absolute Gasteiger partial charge is 0.378 e. The molecule has 2 aliphatic heterocycles. The number of halogens is 3. The van der Waals surface area contributed by atoms with E-state index < -0.39 is 17.3 Å². The Morgan fingerprint density at radius 1 is 1.00 bits per heavy atom. The lowest BCUT2D eigenvalue weighted by Crippen LogP contribution is -2.57. The molecule has 6 nitrogen and oxygen atoms in total. The third-order valence-corrected chi connectivity index (χ3v) is 8.45. The molecule has 204 valence electrons. The second kappa shape index (κ2) is 10.9. The maximum Gasteiger partial charge on any atom is 0.416 e. The Balaban J connectivity index is 1.41. The van der Waals surface area contributed by atoms with Gasteiger partial charge in [0.25, 0.3) is 11.8 Å². The number of carbonyl (C=O) groups is 2. The maximum atomic E-state index is 13.8. The Morgan fingerprint density at radius 2 is 1.67 bits per heavy atom. The van der Waals surface area contributed by atoms with Gasteiger partial charge < -0.3 is 19.9 Å². The van der Waals surface area contributed by atoms with Gasteiger partial charge in [0.15, 0.2) is 0 Å². The number of fused-ring (bicyclic) bond motifs is 1. The molecule has 0 aromatic heterocycles. The Hall–Kier alpha value is -3.50.